The summed E-state index contributed by atoms with van der Waals surface area (Å²) in [7, 11) is 2.02. The highest BCUT2D eigenvalue weighted by Gasteiger charge is 2.21. The number of nitrogens with zero attached hydrogens (tertiary/aromatic N) is 4. The van der Waals surface area contributed by atoms with Crippen LogP contribution in [-0.4, -0.2) is 39.0 Å². The van der Waals surface area contributed by atoms with E-state index in [0.29, 0.717) is 39.6 Å². The average molecular weight is 498 g/mol. The highest BCUT2D eigenvalue weighted by atomic mass is 35.5. The molecule has 2 aromatic carbocycles. The second-order valence-electron chi connectivity index (χ2n) is 7.76. The molecule has 1 saturated heterocycles. The first-order chi connectivity index (χ1) is 14.9. The van der Waals surface area contributed by atoms with Gasteiger partial charge in [-0.3, -0.25) is 9.47 Å². The number of hydrogen-bond donors (Lipinski definition) is 0. The molecular formula is C22H23Cl3N4OS. The standard InChI is InChI=1S/C22H23Cl3N4OS/c1-27(12-15-4-9-19(24)20(25)11-15)14-29-22(31)28(13-18-3-2-10-30-18)21(26-29)16-5-7-17(23)8-6-16/h4-9,11,18H,2-3,10,12-14H2,1H3/t18-/m1/s1. The quantitative estimate of drug-likeness (QED) is 0.358. The summed E-state index contributed by atoms with van der Waals surface area (Å²) in [4.78, 5) is 2.13. The van der Waals surface area contributed by atoms with Gasteiger partial charge in [-0.25, -0.2) is 4.68 Å². The van der Waals surface area contributed by atoms with Gasteiger partial charge in [-0.1, -0.05) is 40.9 Å². The Kier molecular flexibility index (Phi) is 7.37. The second-order valence-corrected chi connectivity index (χ2v) is 9.38. The lowest BCUT2D eigenvalue weighted by atomic mass is 10.2. The van der Waals surface area contributed by atoms with Crippen LogP contribution in [0.4, 0.5) is 0 Å². The molecule has 0 unspecified atom stereocenters. The van der Waals surface area contributed by atoms with Gasteiger partial charge in [0.25, 0.3) is 0 Å². The minimum atomic E-state index is 0.157. The zero-order valence-electron chi connectivity index (χ0n) is 17.1. The number of ether oxygens (including phenoxy) is 1. The molecule has 1 aromatic heterocycles. The van der Waals surface area contributed by atoms with E-state index in [9.17, 15) is 0 Å². The van der Waals surface area contributed by atoms with Gasteiger partial charge in [0.15, 0.2) is 10.6 Å². The maximum atomic E-state index is 6.16. The van der Waals surface area contributed by atoms with Crippen LogP contribution in [0.1, 0.15) is 18.4 Å². The van der Waals surface area contributed by atoms with E-state index in [-0.39, 0.29) is 6.10 Å². The van der Waals surface area contributed by atoms with Crippen LogP contribution >= 0.6 is 47.0 Å². The van der Waals surface area contributed by atoms with Crippen molar-refractivity contribution in [2.24, 2.45) is 0 Å². The fourth-order valence-electron chi connectivity index (χ4n) is 3.73. The highest BCUT2D eigenvalue weighted by molar-refractivity contribution is 7.71. The Morgan fingerprint density at radius 3 is 2.58 bits per heavy atom. The van der Waals surface area contributed by atoms with Crippen molar-refractivity contribution >= 4 is 47.0 Å². The van der Waals surface area contributed by atoms with Gasteiger partial charge in [0.1, 0.15) is 0 Å². The molecule has 0 N–H and O–H groups in total. The summed E-state index contributed by atoms with van der Waals surface area (Å²) in [5, 5.41) is 6.64. The van der Waals surface area contributed by atoms with E-state index in [0.717, 1.165) is 36.4 Å². The molecule has 0 radical (unpaired) electrons. The van der Waals surface area contributed by atoms with Crippen LogP contribution in [0.3, 0.4) is 0 Å². The Morgan fingerprint density at radius 1 is 1.13 bits per heavy atom. The Labute approximate surface area is 202 Å². The Balaban J connectivity index is 1.59. The predicted octanol–water partition coefficient (Wildman–Crippen LogP) is 6.31. The molecule has 0 amide bonds. The first-order valence-corrected chi connectivity index (χ1v) is 11.6. The van der Waals surface area contributed by atoms with Gasteiger partial charge in [0, 0.05) is 23.7 Å². The zero-order valence-corrected chi connectivity index (χ0v) is 20.2. The summed E-state index contributed by atoms with van der Waals surface area (Å²) < 4.78 is 10.4. The lowest BCUT2D eigenvalue weighted by Gasteiger charge is -2.17. The molecule has 4 rings (SSSR count). The molecule has 2 heterocycles. The molecule has 31 heavy (non-hydrogen) atoms. The maximum Gasteiger partial charge on any atom is 0.199 e. The Hall–Kier alpha value is -1.41. The fourth-order valence-corrected chi connectivity index (χ4v) is 4.44. The number of halogens is 3. The number of hydrogen-bond acceptors (Lipinski definition) is 4. The van der Waals surface area contributed by atoms with Crippen molar-refractivity contribution in [1.82, 2.24) is 19.2 Å². The SMILES string of the molecule is CN(Cc1ccc(Cl)c(Cl)c1)Cn1nc(-c2ccc(Cl)cc2)n(C[C@H]2CCCO2)c1=S. The van der Waals surface area contributed by atoms with Crippen molar-refractivity contribution in [1.29, 1.82) is 0 Å². The first kappa shape index (κ1) is 22.8. The topological polar surface area (TPSA) is 35.2 Å². The van der Waals surface area contributed by atoms with E-state index in [1.54, 1.807) is 0 Å². The third kappa shape index (κ3) is 5.51. The first-order valence-electron chi connectivity index (χ1n) is 10.1. The predicted molar refractivity (Wildman–Crippen MR) is 128 cm³/mol. The summed E-state index contributed by atoms with van der Waals surface area (Å²) in [6.45, 7) is 2.72. The molecule has 0 spiro atoms. The summed E-state index contributed by atoms with van der Waals surface area (Å²) >= 11 is 24.1. The summed E-state index contributed by atoms with van der Waals surface area (Å²) in [5.74, 6) is 0.820. The summed E-state index contributed by atoms with van der Waals surface area (Å²) in [6.07, 6.45) is 2.27. The number of benzene rings is 2. The van der Waals surface area contributed by atoms with Crippen molar-refractivity contribution in [2.45, 2.75) is 38.7 Å². The molecule has 3 aromatic rings. The lowest BCUT2D eigenvalue weighted by Crippen LogP contribution is -2.23. The van der Waals surface area contributed by atoms with E-state index in [1.807, 2.05) is 54.2 Å². The van der Waals surface area contributed by atoms with E-state index >= 15 is 0 Å². The minimum absolute atomic E-state index is 0.157. The van der Waals surface area contributed by atoms with Gasteiger partial charge in [-0.15, -0.1) is 0 Å². The van der Waals surface area contributed by atoms with Gasteiger partial charge in [0.05, 0.1) is 29.4 Å². The second kappa shape index (κ2) is 10.0. The zero-order chi connectivity index (χ0) is 22.0. The molecule has 9 heteroatoms. The molecule has 5 nitrogen and oxygen atoms in total. The third-order valence-corrected chi connectivity index (χ3v) is 6.67. The molecule has 164 valence electrons. The molecule has 1 atom stereocenters. The third-order valence-electron chi connectivity index (χ3n) is 5.25. The van der Waals surface area contributed by atoms with Crippen molar-refractivity contribution in [3.05, 3.63) is 67.9 Å². The molecular weight excluding hydrogens is 475 g/mol. The van der Waals surface area contributed by atoms with Gasteiger partial charge < -0.3 is 4.74 Å². The largest absolute Gasteiger partial charge is 0.376 e. The smallest absolute Gasteiger partial charge is 0.199 e. The monoisotopic (exact) mass is 496 g/mol. The van der Waals surface area contributed by atoms with Crippen LogP contribution in [0, 0.1) is 4.77 Å². The lowest BCUT2D eigenvalue weighted by molar-refractivity contribution is 0.0967. The summed E-state index contributed by atoms with van der Waals surface area (Å²) in [6, 6.07) is 13.3. The maximum absolute atomic E-state index is 6.16. The van der Waals surface area contributed by atoms with Gasteiger partial charge >= 0.3 is 0 Å². The van der Waals surface area contributed by atoms with Gasteiger partial charge in [0.2, 0.25) is 0 Å². The molecule has 1 fully saturated rings. The molecule has 0 saturated carbocycles. The van der Waals surface area contributed by atoms with Crippen molar-refractivity contribution in [3.8, 4) is 11.4 Å². The van der Waals surface area contributed by atoms with E-state index in [1.165, 1.54) is 0 Å². The van der Waals surface area contributed by atoms with Crippen LogP contribution in [0.15, 0.2) is 42.5 Å². The normalized spacial score (nSPS) is 16.4. The van der Waals surface area contributed by atoms with Crippen molar-refractivity contribution in [3.63, 3.8) is 0 Å². The van der Waals surface area contributed by atoms with Crippen LogP contribution in [-0.2, 0) is 24.5 Å². The average Bonchev–Trinajstić information content (AvgIpc) is 3.35. The molecule has 1 aliphatic rings. The Morgan fingerprint density at radius 2 is 1.90 bits per heavy atom. The van der Waals surface area contributed by atoms with Crippen molar-refractivity contribution in [2.75, 3.05) is 13.7 Å². The molecule has 1 aliphatic heterocycles. The van der Waals surface area contributed by atoms with Gasteiger partial charge in [-0.2, -0.15) is 5.10 Å². The van der Waals surface area contributed by atoms with Crippen LogP contribution < -0.4 is 0 Å². The van der Waals surface area contributed by atoms with E-state index in [2.05, 4.69) is 9.47 Å². The van der Waals surface area contributed by atoms with Gasteiger partial charge in [-0.05, 0) is 74.1 Å². The molecule has 0 aliphatic carbocycles. The molecule has 0 bridgehead atoms. The highest BCUT2D eigenvalue weighted by Crippen LogP contribution is 2.25. The van der Waals surface area contributed by atoms with E-state index < -0.39 is 0 Å². The minimum Gasteiger partial charge on any atom is -0.376 e. The van der Waals surface area contributed by atoms with Crippen molar-refractivity contribution < 1.29 is 4.74 Å². The number of aromatic nitrogens is 3. The fraction of sp³-hybridized carbons (Fsp3) is 0.364. The van der Waals surface area contributed by atoms with Crippen LogP contribution in [0.5, 0.6) is 0 Å². The van der Waals surface area contributed by atoms with Crippen LogP contribution in [0.25, 0.3) is 11.4 Å². The van der Waals surface area contributed by atoms with E-state index in [4.69, 9.17) is 56.9 Å². The van der Waals surface area contributed by atoms with Crippen LogP contribution in [0.2, 0.25) is 15.1 Å². The number of rotatable bonds is 7. The summed E-state index contributed by atoms with van der Waals surface area (Å²) in [5.41, 5.74) is 2.04. The Bertz CT molecular complexity index is 1110.